The first-order valence-electron chi connectivity index (χ1n) is 8.62. The van der Waals surface area contributed by atoms with E-state index in [1.54, 1.807) is 12.3 Å². The third kappa shape index (κ3) is 4.66. The van der Waals surface area contributed by atoms with Crippen molar-refractivity contribution in [2.75, 3.05) is 20.2 Å². The van der Waals surface area contributed by atoms with E-state index in [1.165, 1.54) is 7.11 Å². The number of nitrogens with one attached hydrogen (secondary N) is 1. The lowest BCUT2D eigenvalue weighted by Gasteiger charge is -2.32. The second kappa shape index (κ2) is 8.42. The summed E-state index contributed by atoms with van der Waals surface area (Å²) >= 11 is 0. The molecule has 1 atom stereocenters. The normalized spacial score (nSPS) is 17.8. The van der Waals surface area contributed by atoms with E-state index in [-0.39, 0.29) is 23.7 Å². The van der Waals surface area contributed by atoms with Gasteiger partial charge < -0.3 is 10.1 Å². The molecule has 0 radical (unpaired) electrons. The van der Waals surface area contributed by atoms with Gasteiger partial charge in [0, 0.05) is 30.3 Å². The van der Waals surface area contributed by atoms with Gasteiger partial charge in [-0.1, -0.05) is 13.8 Å². The molecule has 0 aliphatic carbocycles. The number of aromatic nitrogens is 1. The maximum Gasteiger partial charge on any atom is 0.250 e. The summed E-state index contributed by atoms with van der Waals surface area (Å²) in [5, 5.41) is 3.10. The number of halogens is 1. The van der Waals surface area contributed by atoms with E-state index in [9.17, 15) is 9.18 Å². The van der Waals surface area contributed by atoms with E-state index in [4.69, 9.17) is 4.74 Å². The number of carbonyl (C=O) groups is 1. The Hall–Kier alpha value is -1.69. The molecule has 1 aliphatic heterocycles. The Labute approximate surface area is 143 Å². The molecule has 0 aromatic carbocycles. The molecule has 1 amide bonds. The monoisotopic (exact) mass is 337 g/mol. The van der Waals surface area contributed by atoms with E-state index in [0.29, 0.717) is 18.0 Å². The largest absolute Gasteiger partial charge is 0.479 e. The van der Waals surface area contributed by atoms with Crippen LogP contribution in [0.1, 0.15) is 39.2 Å². The summed E-state index contributed by atoms with van der Waals surface area (Å²) in [5.41, 5.74) is 0.582. The van der Waals surface area contributed by atoms with E-state index >= 15 is 0 Å². The molecule has 1 N–H and O–H groups in total. The minimum Gasteiger partial charge on any atom is -0.479 e. The fourth-order valence-electron chi connectivity index (χ4n) is 2.83. The maximum absolute atomic E-state index is 14.2. The molecule has 1 aromatic heterocycles. The number of piperidine rings is 1. The van der Waals surface area contributed by atoms with Crippen LogP contribution in [-0.2, 0) is 11.3 Å². The van der Waals surface area contributed by atoms with Gasteiger partial charge in [-0.05, 0) is 44.8 Å². The van der Waals surface area contributed by atoms with Crippen molar-refractivity contribution in [3.8, 4) is 5.88 Å². The molecule has 0 bridgehead atoms. The van der Waals surface area contributed by atoms with Crippen LogP contribution in [0.3, 0.4) is 0 Å². The zero-order chi connectivity index (χ0) is 17.7. The molecule has 0 saturated carbocycles. The van der Waals surface area contributed by atoms with Gasteiger partial charge >= 0.3 is 0 Å². The molecule has 5 nitrogen and oxygen atoms in total. The highest BCUT2D eigenvalue weighted by molar-refractivity contribution is 5.79. The molecule has 24 heavy (non-hydrogen) atoms. The van der Waals surface area contributed by atoms with Crippen molar-refractivity contribution in [3.63, 3.8) is 0 Å². The molecule has 2 rings (SSSR count). The van der Waals surface area contributed by atoms with Gasteiger partial charge in [0.2, 0.25) is 11.8 Å². The van der Waals surface area contributed by atoms with Gasteiger partial charge in [-0.2, -0.15) is 0 Å². The Morgan fingerprint density at radius 2 is 2.08 bits per heavy atom. The van der Waals surface area contributed by atoms with Gasteiger partial charge in [-0.15, -0.1) is 0 Å². The van der Waals surface area contributed by atoms with Crippen LogP contribution in [0.15, 0.2) is 12.3 Å². The minimum absolute atomic E-state index is 0.0319. The molecule has 1 aromatic rings. The Balaban J connectivity index is 1.86. The molecular weight excluding hydrogens is 309 g/mol. The van der Waals surface area contributed by atoms with E-state index in [0.717, 1.165) is 25.9 Å². The van der Waals surface area contributed by atoms with Gasteiger partial charge in [0.15, 0.2) is 5.82 Å². The van der Waals surface area contributed by atoms with Gasteiger partial charge in [0.25, 0.3) is 0 Å². The zero-order valence-electron chi connectivity index (χ0n) is 15.0. The highest BCUT2D eigenvalue weighted by atomic mass is 19.1. The highest BCUT2D eigenvalue weighted by Gasteiger charge is 2.26. The van der Waals surface area contributed by atoms with Gasteiger partial charge in [0.1, 0.15) is 0 Å². The smallest absolute Gasteiger partial charge is 0.250 e. The molecule has 1 fully saturated rings. The van der Waals surface area contributed by atoms with Gasteiger partial charge in [-0.25, -0.2) is 9.37 Å². The number of pyridine rings is 1. The molecule has 1 unspecified atom stereocenters. The fraction of sp³-hybridized carbons (Fsp3) is 0.667. The fourth-order valence-corrected chi connectivity index (χ4v) is 2.83. The van der Waals surface area contributed by atoms with Gasteiger partial charge in [0.05, 0.1) is 7.11 Å². The number of nitrogens with zero attached hydrogens (tertiary/aromatic N) is 2. The standard InChI is InChI=1S/C18H28FN3O2/c1-12(2)13(3)21-17(23)14-6-9-22(10-7-14)11-15-5-8-20-18(24-4)16(15)19/h5,8,12-14H,6-7,9-11H2,1-4H3,(H,21,23). The second-order valence-electron chi connectivity index (χ2n) is 6.89. The maximum atomic E-state index is 14.2. The third-order valence-electron chi connectivity index (χ3n) is 4.85. The van der Waals surface area contributed by atoms with Crippen molar-refractivity contribution in [1.82, 2.24) is 15.2 Å². The number of rotatable bonds is 6. The summed E-state index contributed by atoms with van der Waals surface area (Å²) < 4.78 is 19.1. The molecule has 134 valence electrons. The summed E-state index contributed by atoms with van der Waals surface area (Å²) in [4.78, 5) is 18.3. The molecule has 1 saturated heterocycles. The lowest BCUT2D eigenvalue weighted by atomic mass is 9.94. The highest BCUT2D eigenvalue weighted by Crippen LogP contribution is 2.23. The van der Waals surface area contributed by atoms with Crippen molar-refractivity contribution >= 4 is 5.91 Å². The van der Waals surface area contributed by atoms with E-state index in [2.05, 4.69) is 29.0 Å². The van der Waals surface area contributed by atoms with E-state index in [1.807, 2.05) is 6.92 Å². The van der Waals surface area contributed by atoms with Crippen molar-refractivity contribution in [2.24, 2.45) is 11.8 Å². The van der Waals surface area contributed by atoms with Crippen LogP contribution in [0.4, 0.5) is 4.39 Å². The number of hydrogen-bond donors (Lipinski definition) is 1. The average Bonchev–Trinajstić information content (AvgIpc) is 2.57. The SMILES string of the molecule is COc1nccc(CN2CCC(C(=O)NC(C)C(C)C)CC2)c1F. The van der Waals surface area contributed by atoms with Gasteiger partial charge in [-0.3, -0.25) is 9.69 Å². The predicted molar refractivity (Wildman–Crippen MR) is 91.2 cm³/mol. The molecule has 0 spiro atoms. The molecular formula is C18H28FN3O2. The number of likely N-dealkylation sites (tertiary alicyclic amines) is 1. The quantitative estimate of drug-likeness (QED) is 0.867. The van der Waals surface area contributed by atoms with Crippen LogP contribution in [0.5, 0.6) is 5.88 Å². The van der Waals surface area contributed by atoms with Crippen LogP contribution in [0, 0.1) is 17.7 Å². The number of methoxy groups -OCH3 is 1. The van der Waals surface area contributed by atoms with Crippen LogP contribution in [0.25, 0.3) is 0 Å². The summed E-state index contributed by atoms with van der Waals surface area (Å²) in [6, 6.07) is 1.87. The average molecular weight is 337 g/mol. The number of hydrogen-bond acceptors (Lipinski definition) is 4. The zero-order valence-corrected chi connectivity index (χ0v) is 15.0. The topological polar surface area (TPSA) is 54.5 Å². The Morgan fingerprint density at radius 3 is 2.67 bits per heavy atom. The summed E-state index contributed by atoms with van der Waals surface area (Å²) in [7, 11) is 1.41. The number of carbonyl (C=O) groups excluding carboxylic acids is 1. The minimum atomic E-state index is -0.398. The Kier molecular flexibility index (Phi) is 6.54. The first kappa shape index (κ1) is 18.6. The van der Waals surface area contributed by atoms with Crippen molar-refractivity contribution < 1.29 is 13.9 Å². The second-order valence-corrected chi connectivity index (χ2v) is 6.89. The summed E-state index contributed by atoms with van der Waals surface area (Å²) in [5.74, 6) is 0.264. The number of amides is 1. The lowest BCUT2D eigenvalue weighted by Crippen LogP contribution is -2.44. The molecule has 6 heteroatoms. The molecule has 1 aliphatic rings. The van der Waals surface area contributed by atoms with E-state index < -0.39 is 5.82 Å². The van der Waals surface area contributed by atoms with Crippen LogP contribution >= 0.6 is 0 Å². The summed E-state index contributed by atoms with van der Waals surface area (Å²) in [6.45, 7) is 8.34. The molecule has 2 heterocycles. The van der Waals surface area contributed by atoms with Crippen molar-refractivity contribution in [3.05, 3.63) is 23.6 Å². The third-order valence-corrected chi connectivity index (χ3v) is 4.85. The Bertz CT molecular complexity index is 557. The Morgan fingerprint density at radius 1 is 1.42 bits per heavy atom. The first-order chi connectivity index (χ1) is 11.4. The van der Waals surface area contributed by atoms with Crippen molar-refractivity contribution in [2.45, 2.75) is 46.2 Å². The van der Waals surface area contributed by atoms with Crippen LogP contribution < -0.4 is 10.1 Å². The predicted octanol–water partition coefficient (Wildman–Crippen LogP) is 2.60. The van der Waals surface area contributed by atoms with Crippen LogP contribution in [-0.4, -0.2) is 42.0 Å². The van der Waals surface area contributed by atoms with Crippen LogP contribution in [0.2, 0.25) is 0 Å². The van der Waals surface area contributed by atoms with Crippen molar-refractivity contribution in [1.29, 1.82) is 0 Å². The lowest BCUT2D eigenvalue weighted by molar-refractivity contribution is -0.127. The first-order valence-corrected chi connectivity index (χ1v) is 8.62. The number of ether oxygens (including phenoxy) is 1. The summed E-state index contributed by atoms with van der Waals surface area (Å²) in [6.07, 6.45) is 3.17.